The number of hydrogen-bond acceptors (Lipinski definition) is 4. The molecule has 0 aromatic heterocycles. The van der Waals surface area contributed by atoms with Crippen LogP contribution in [-0.2, 0) is 11.2 Å². The van der Waals surface area contributed by atoms with Gasteiger partial charge in [-0.1, -0.05) is 6.07 Å². The zero-order valence-corrected chi connectivity index (χ0v) is 10.8. The Kier molecular flexibility index (Phi) is 5.08. The van der Waals surface area contributed by atoms with Crippen LogP contribution < -0.4 is 14.8 Å². The number of halogens is 3. The lowest BCUT2D eigenvalue weighted by atomic mass is 10.1. The van der Waals surface area contributed by atoms with Gasteiger partial charge < -0.3 is 14.8 Å². The molecule has 0 aliphatic carbocycles. The van der Waals surface area contributed by atoms with Crippen molar-refractivity contribution >= 4 is 0 Å². The minimum atomic E-state index is -4.56. The molecule has 0 unspecified atom stereocenters. The Morgan fingerprint density at radius 2 is 1.85 bits per heavy atom. The second-order valence-corrected chi connectivity index (χ2v) is 4.27. The molecule has 1 aromatic rings. The maximum Gasteiger partial charge on any atom is 0.522 e. The van der Waals surface area contributed by atoms with E-state index in [1.54, 1.807) is 0 Å². The molecule has 1 N–H and O–H groups in total. The Morgan fingerprint density at radius 3 is 2.60 bits per heavy atom. The van der Waals surface area contributed by atoms with Crippen LogP contribution in [0.2, 0.25) is 0 Å². The van der Waals surface area contributed by atoms with Crippen molar-refractivity contribution in [1.29, 1.82) is 0 Å². The van der Waals surface area contributed by atoms with Gasteiger partial charge in [0.25, 0.3) is 0 Å². The lowest BCUT2D eigenvalue weighted by Crippen LogP contribution is -2.25. The van der Waals surface area contributed by atoms with E-state index in [2.05, 4.69) is 10.1 Å². The van der Waals surface area contributed by atoms with Gasteiger partial charge in [-0.15, -0.1) is 13.2 Å². The Balaban J connectivity index is 1.67. The van der Waals surface area contributed by atoms with Crippen molar-refractivity contribution in [3.8, 4) is 11.5 Å². The maximum atomic E-state index is 11.7. The van der Waals surface area contributed by atoms with Crippen molar-refractivity contribution in [3.05, 3.63) is 23.8 Å². The molecule has 112 valence electrons. The van der Waals surface area contributed by atoms with Gasteiger partial charge in [0.1, 0.15) is 13.2 Å². The summed E-state index contributed by atoms with van der Waals surface area (Å²) in [7, 11) is 0. The standard InChI is InChI=1S/C13H16F3NO3/c14-13(15,16)20-6-5-17-4-3-10-1-2-11-12(9-10)19-8-7-18-11/h1-2,9,17H,3-8H2. The Hall–Kier alpha value is -1.47. The van der Waals surface area contributed by atoms with E-state index in [0.717, 1.165) is 11.3 Å². The molecule has 0 spiro atoms. The van der Waals surface area contributed by atoms with Crippen LogP contribution in [0.1, 0.15) is 5.56 Å². The van der Waals surface area contributed by atoms with Gasteiger partial charge in [0, 0.05) is 6.54 Å². The molecule has 1 aromatic carbocycles. The Bertz CT molecular complexity index is 437. The van der Waals surface area contributed by atoms with E-state index in [0.29, 0.717) is 31.9 Å². The second kappa shape index (κ2) is 6.81. The van der Waals surface area contributed by atoms with Gasteiger partial charge in [0.2, 0.25) is 0 Å². The maximum absolute atomic E-state index is 11.7. The molecule has 0 radical (unpaired) electrons. The van der Waals surface area contributed by atoms with Gasteiger partial charge in [0.15, 0.2) is 11.5 Å². The molecule has 1 aliphatic rings. The number of benzene rings is 1. The van der Waals surface area contributed by atoms with Gasteiger partial charge in [-0.05, 0) is 30.7 Å². The summed E-state index contributed by atoms with van der Waals surface area (Å²) in [6.45, 7) is 1.42. The van der Waals surface area contributed by atoms with Crippen molar-refractivity contribution in [2.75, 3.05) is 32.9 Å². The first-order chi connectivity index (χ1) is 9.54. The molecule has 1 aliphatic heterocycles. The van der Waals surface area contributed by atoms with Crippen LogP contribution in [0.15, 0.2) is 18.2 Å². The largest absolute Gasteiger partial charge is 0.522 e. The number of ether oxygens (including phenoxy) is 3. The average Bonchev–Trinajstić information content (AvgIpc) is 2.41. The number of fused-ring (bicyclic) bond motifs is 1. The van der Waals surface area contributed by atoms with Crippen LogP contribution >= 0.6 is 0 Å². The van der Waals surface area contributed by atoms with Crippen LogP contribution in [0, 0.1) is 0 Å². The molecule has 2 rings (SSSR count). The van der Waals surface area contributed by atoms with E-state index in [1.165, 1.54) is 0 Å². The zero-order valence-electron chi connectivity index (χ0n) is 10.8. The van der Waals surface area contributed by atoms with E-state index in [1.807, 2.05) is 18.2 Å². The molecule has 0 saturated carbocycles. The quantitative estimate of drug-likeness (QED) is 0.815. The third kappa shape index (κ3) is 4.90. The topological polar surface area (TPSA) is 39.7 Å². The van der Waals surface area contributed by atoms with Crippen LogP contribution in [0.5, 0.6) is 11.5 Å². The monoisotopic (exact) mass is 291 g/mol. The van der Waals surface area contributed by atoms with E-state index in [-0.39, 0.29) is 13.2 Å². The zero-order chi connectivity index (χ0) is 14.4. The predicted octanol–water partition coefficient (Wildman–Crippen LogP) is 2.13. The average molecular weight is 291 g/mol. The Morgan fingerprint density at radius 1 is 1.10 bits per heavy atom. The number of nitrogens with one attached hydrogen (secondary N) is 1. The smallest absolute Gasteiger partial charge is 0.486 e. The van der Waals surface area contributed by atoms with E-state index < -0.39 is 6.36 Å². The van der Waals surface area contributed by atoms with Gasteiger partial charge >= 0.3 is 6.36 Å². The van der Waals surface area contributed by atoms with Crippen molar-refractivity contribution in [3.63, 3.8) is 0 Å². The van der Waals surface area contributed by atoms with Crippen LogP contribution in [0.3, 0.4) is 0 Å². The fourth-order valence-electron chi connectivity index (χ4n) is 1.84. The molecule has 0 amide bonds. The van der Waals surface area contributed by atoms with Crippen LogP contribution in [0.25, 0.3) is 0 Å². The summed E-state index contributed by atoms with van der Waals surface area (Å²) in [6, 6.07) is 5.65. The van der Waals surface area contributed by atoms with Crippen LogP contribution in [-0.4, -0.2) is 39.3 Å². The molecule has 4 nitrogen and oxygen atoms in total. The third-order valence-corrected chi connectivity index (χ3v) is 2.74. The molecular weight excluding hydrogens is 275 g/mol. The lowest BCUT2D eigenvalue weighted by molar-refractivity contribution is -0.323. The molecule has 7 heteroatoms. The normalized spacial score (nSPS) is 14.3. The SMILES string of the molecule is FC(F)(F)OCCNCCc1ccc2c(c1)OCCO2. The number of alkyl halides is 3. The van der Waals surface area contributed by atoms with Crippen molar-refractivity contribution < 1.29 is 27.4 Å². The van der Waals surface area contributed by atoms with E-state index in [9.17, 15) is 13.2 Å². The Labute approximate surface area is 114 Å². The van der Waals surface area contributed by atoms with Gasteiger partial charge in [-0.3, -0.25) is 4.74 Å². The summed E-state index contributed by atoms with van der Waals surface area (Å²) in [5.41, 5.74) is 1.04. The molecule has 0 atom stereocenters. The van der Waals surface area contributed by atoms with Gasteiger partial charge in [-0.25, -0.2) is 0 Å². The summed E-state index contributed by atoms with van der Waals surface area (Å²) in [5.74, 6) is 1.45. The van der Waals surface area contributed by atoms with Gasteiger partial charge in [-0.2, -0.15) is 0 Å². The summed E-state index contributed by atoms with van der Waals surface area (Å²) >= 11 is 0. The van der Waals surface area contributed by atoms with Gasteiger partial charge in [0.05, 0.1) is 6.61 Å². The van der Waals surface area contributed by atoms with Crippen LogP contribution in [0.4, 0.5) is 13.2 Å². The fraction of sp³-hybridized carbons (Fsp3) is 0.538. The van der Waals surface area contributed by atoms with Crippen molar-refractivity contribution in [2.24, 2.45) is 0 Å². The molecule has 0 fully saturated rings. The second-order valence-electron chi connectivity index (χ2n) is 4.27. The third-order valence-electron chi connectivity index (χ3n) is 2.74. The minimum absolute atomic E-state index is 0.157. The first-order valence-corrected chi connectivity index (χ1v) is 6.34. The predicted molar refractivity (Wildman–Crippen MR) is 66.0 cm³/mol. The first kappa shape index (κ1) is 14.9. The highest BCUT2D eigenvalue weighted by atomic mass is 19.4. The first-order valence-electron chi connectivity index (χ1n) is 6.34. The highest BCUT2D eigenvalue weighted by molar-refractivity contribution is 5.43. The molecule has 0 bridgehead atoms. The number of hydrogen-bond donors (Lipinski definition) is 1. The summed E-state index contributed by atoms with van der Waals surface area (Å²) in [5, 5.41) is 2.89. The van der Waals surface area contributed by atoms with E-state index >= 15 is 0 Å². The van der Waals surface area contributed by atoms with Crippen molar-refractivity contribution in [1.82, 2.24) is 5.32 Å². The fourth-order valence-corrected chi connectivity index (χ4v) is 1.84. The molecule has 1 heterocycles. The highest BCUT2D eigenvalue weighted by Gasteiger charge is 2.28. The molecule has 0 saturated heterocycles. The van der Waals surface area contributed by atoms with Crippen molar-refractivity contribution in [2.45, 2.75) is 12.8 Å². The summed E-state index contributed by atoms with van der Waals surface area (Å²) < 4.78 is 49.7. The summed E-state index contributed by atoms with van der Waals surface area (Å²) in [6.07, 6.45) is -3.86. The molecular formula is C13H16F3NO3. The number of rotatable bonds is 6. The minimum Gasteiger partial charge on any atom is -0.486 e. The summed E-state index contributed by atoms with van der Waals surface area (Å²) in [4.78, 5) is 0. The molecule has 20 heavy (non-hydrogen) atoms. The lowest BCUT2D eigenvalue weighted by Gasteiger charge is -2.18. The highest BCUT2D eigenvalue weighted by Crippen LogP contribution is 2.30. The van der Waals surface area contributed by atoms with E-state index in [4.69, 9.17) is 9.47 Å².